The van der Waals surface area contributed by atoms with Crippen LogP contribution in [-0.2, 0) is 10.0 Å². The molecule has 19 heavy (non-hydrogen) atoms. The summed E-state index contributed by atoms with van der Waals surface area (Å²) in [7, 11) is -3.46. The highest BCUT2D eigenvalue weighted by Crippen LogP contribution is 2.12. The number of aromatic amines is 1. The minimum atomic E-state index is -3.46. The van der Waals surface area contributed by atoms with Gasteiger partial charge in [-0.25, -0.2) is 13.1 Å². The molecule has 0 amide bonds. The second-order valence-electron chi connectivity index (χ2n) is 3.86. The molecule has 1 heterocycles. The fourth-order valence-electron chi connectivity index (χ4n) is 1.47. The lowest BCUT2D eigenvalue weighted by molar-refractivity contribution is 0.323. The Labute approximate surface area is 111 Å². The van der Waals surface area contributed by atoms with E-state index in [1.807, 2.05) is 0 Å². The van der Waals surface area contributed by atoms with Crippen molar-refractivity contribution in [3.63, 3.8) is 0 Å². The summed E-state index contributed by atoms with van der Waals surface area (Å²) in [5.74, 6) is 0.648. The number of nitrogen functional groups attached to an aromatic ring is 1. The second-order valence-corrected chi connectivity index (χ2v) is 5.63. The van der Waals surface area contributed by atoms with Crippen LogP contribution >= 0.6 is 0 Å². The molecule has 0 unspecified atom stereocenters. The van der Waals surface area contributed by atoms with Crippen LogP contribution in [0.3, 0.4) is 0 Å². The number of hydrogen-bond donors (Lipinski definition) is 3. The van der Waals surface area contributed by atoms with Gasteiger partial charge in [-0.05, 0) is 30.3 Å². The molecule has 0 aliphatic rings. The molecule has 0 saturated carbocycles. The molecule has 102 valence electrons. The highest BCUT2D eigenvalue weighted by atomic mass is 32.2. The minimum absolute atomic E-state index is 0.192. The van der Waals surface area contributed by atoms with Gasteiger partial charge in [0.2, 0.25) is 10.0 Å². The van der Waals surface area contributed by atoms with E-state index >= 15 is 0 Å². The number of benzene rings is 1. The lowest BCUT2D eigenvalue weighted by atomic mass is 10.3. The zero-order chi connectivity index (χ0) is 13.7. The molecular weight excluding hydrogens is 266 g/mol. The molecule has 0 bridgehead atoms. The fourth-order valence-corrected chi connectivity index (χ4v) is 2.46. The van der Waals surface area contributed by atoms with Crippen molar-refractivity contribution in [1.82, 2.24) is 9.71 Å². The maximum Gasteiger partial charge on any atom is 0.242 e. The van der Waals surface area contributed by atoms with E-state index in [-0.39, 0.29) is 18.0 Å². The molecule has 0 radical (unpaired) electrons. The average molecular weight is 281 g/mol. The van der Waals surface area contributed by atoms with Crippen molar-refractivity contribution < 1.29 is 13.2 Å². The normalized spacial score (nSPS) is 11.4. The highest BCUT2D eigenvalue weighted by Gasteiger charge is 2.12. The van der Waals surface area contributed by atoms with Crippen molar-refractivity contribution in [3.05, 3.63) is 42.7 Å². The van der Waals surface area contributed by atoms with Gasteiger partial charge < -0.3 is 15.5 Å². The molecule has 0 atom stereocenters. The van der Waals surface area contributed by atoms with Crippen LogP contribution in [0.5, 0.6) is 5.75 Å². The summed E-state index contributed by atoms with van der Waals surface area (Å²) >= 11 is 0. The second kappa shape index (κ2) is 5.77. The summed E-state index contributed by atoms with van der Waals surface area (Å²) in [6, 6.07) is 8.40. The zero-order valence-electron chi connectivity index (χ0n) is 10.2. The SMILES string of the molecule is Nc1ccc(OCCNS(=O)(=O)c2cc[nH]c2)cc1. The number of anilines is 1. The molecule has 2 rings (SSSR count). The summed E-state index contributed by atoms with van der Waals surface area (Å²) in [6.07, 6.45) is 2.97. The van der Waals surface area contributed by atoms with E-state index < -0.39 is 10.0 Å². The number of aromatic nitrogens is 1. The molecule has 0 aliphatic carbocycles. The van der Waals surface area contributed by atoms with Gasteiger partial charge in [0.25, 0.3) is 0 Å². The highest BCUT2D eigenvalue weighted by molar-refractivity contribution is 7.89. The molecule has 7 heteroatoms. The smallest absolute Gasteiger partial charge is 0.242 e. The predicted molar refractivity (Wildman–Crippen MR) is 72.3 cm³/mol. The molecule has 0 aliphatic heterocycles. The van der Waals surface area contributed by atoms with Gasteiger partial charge >= 0.3 is 0 Å². The van der Waals surface area contributed by atoms with E-state index in [1.54, 1.807) is 30.5 Å². The standard InChI is InChI=1S/C12H15N3O3S/c13-10-1-3-11(4-2-10)18-8-7-15-19(16,17)12-5-6-14-9-12/h1-6,9,14-15H,7-8,13H2. The number of ether oxygens (including phenoxy) is 1. The van der Waals surface area contributed by atoms with Gasteiger partial charge in [-0.15, -0.1) is 0 Å². The van der Waals surface area contributed by atoms with Crippen LogP contribution in [0.1, 0.15) is 0 Å². The van der Waals surface area contributed by atoms with Crippen LogP contribution in [0.4, 0.5) is 5.69 Å². The molecule has 0 spiro atoms. The van der Waals surface area contributed by atoms with Crippen LogP contribution < -0.4 is 15.2 Å². The number of rotatable bonds is 6. The van der Waals surface area contributed by atoms with Gasteiger partial charge in [0, 0.05) is 24.6 Å². The Balaban J connectivity index is 1.80. The van der Waals surface area contributed by atoms with Crippen LogP contribution in [0.2, 0.25) is 0 Å². The molecule has 4 N–H and O–H groups in total. The molecule has 0 fully saturated rings. The van der Waals surface area contributed by atoms with E-state index in [2.05, 4.69) is 9.71 Å². The average Bonchev–Trinajstić information content (AvgIpc) is 2.91. The monoisotopic (exact) mass is 281 g/mol. The quantitative estimate of drug-likeness (QED) is 0.542. The van der Waals surface area contributed by atoms with Crippen molar-refractivity contribution >= 4 is 15.7 Å². The van der Waals surface area contributed by atoms with Crippen molar-refractivity contribution in [2.45, 2.75) is 4.90 Å². The molecule has 2 aromatic rings. The zero-order valence-corrected chi connectivity index (χ0v) is 11.0. The summed E-state index contributed by atoms with van der Waals surface area (Å²) in [5.41, 5.74) is 6.20. The van der Waals surface area contributed by atoms with Gasteiger partial charge in [0.15, 0.2) is 0 Å². The molecule has 1 aromatic heterocycles. The van der Waals surface area contributed by atoms with Crippen molar-refractivity contribution in [2.24, 2.45) is 0 Å². The summed E-state index contributed by atoms with van der Waals surface area (Å²) in [6.45, 7) is 0.436. The Bertz CT molecular complexity index is 606. The van der Waals surface area contributed by atoms with Crippen LogP contribution in [0, 0.1) is 0 Å². The minimum Gasteiger partial charge on any atom is -0.492 e. The van der Waals surface area contributed by atoms with E-state index in [9.17, 15) is 8.42 Å². The number of nitrogens with two attached hydrogens (primary N) is 1. The van der Waals surface area contributed by atoms with Gasteiger partial charge in [-0.3, -0.25) is 0 Å². The molecule has 0 saturated heterocycles. The summed E-state index contributed by atoms with van der Waals surface area (Å²) in [5, 5.41) is 0. The van der Waals surface area contributed by atoms with Crippen LogP contribution in [0.15, 0.2) is 47.6 Å². The van der Waals surface area contributed by atoms with E-state index in [0.717, 1.165) is 0 Å². The fraction of sp³-hybridized carbons (Fsp3) is 0.167. The lowest BCUT2D eigenvalue weighted by Gasteiger charge is -2.07. The van der Waals surface area contributed by atoms with Crippen molar-refractivity contribution in [2.75, 3.05) is 18.9 Å². The Kier molecular flexibility index (Phi) is 4.08. The first kappa shape index (κ1) is 13.4. The number of hydrogen-bond acceptors (Lipinski definition) is 4. The third-order valence-corrected chi connectivity index (χ3v) is 3.88. The topological polar surface area (TPSA) is 97.2 Å². The van der Waals surface area contributed by atoms with Crippen molar-refractivity contribution in [1.29, 1.82) is 0 Å². The molecule has 6 nitrogen and oxygen atoms in total. The largest absolute Gasteiger partial charge is 0.492 e. The van der Waals surface area contributed by atoms with Gasteiger partial charge in [0.1, 0.15) is 12.4 Å². The summed E-state index contributed by atoms with van der Waals surface area (Å²) < 4.78 is 31.3. The third kappa shape index (κ3) is 3.73. The van der Waals surface area contributed by atoms with E-state index in [1.165, 1.54) is 12.3 Å². The predicted octanol–water partition coefficient (Wildman–Crippen LogP) is 0.954. The first-order valence-corrected chi connectivity index (χ1v) is 7.17. The van der Waals surface area contributed by atoms with E-state index in [0.29, 0.717) is 11.4 Å². The first-order valence-electron chi connectivity index (χ1n) is 5.69. The number of H-pyrrole nitrogens is 1. The maximum absolute atomic E-state index is 11.7. The van der Waals surface area contributed by atoms with Gasteiger partial charge in [-0.1, -0.05) is 0 Å². The number of sulfonamides is 1. The maximum atomic E-state index is 11.7. The van der Waals surface area contributed by atoms with Gasteiger partial charge in [-0.2, -0.15) is 0 Å². The Morgan fingerprint density at radius 1 is 1.21 bits per heavy atom. The third-order valence-electron chi connectivity index (χ3n) is 2.42. The molecule has 1 aromatic carbocycles. The molecular formula is C12H15N3O3S. The first-order chi connectivity index (χ1) is 9.08. The van der Waals surface area contributed by atoms with Crippen LogP contribution in [-0.4, -0.2) is 26.6 Å². The Morgan fingerprint density at radius 2 is 1.95 bits per heavy atom. The van der Waals surface area contributed by atoms with Crippen molar-refractivity contribution in [3.8, 4) is 5.75 Å². The summed E-state index contributed by atoms with van der Waals surface area (Å²) in [4.78, 5) is 2.90. The van der Waals surface area contributed by atoms with Crippen LogP contribution in [0.25, 0.3) is 0 Å². The Morgan fingerprint density at radius 3 is 2.58 bits per heavy atom. The van der Waals surface area contributed by atoms with Gasteiger partial charge in [0.05, 0.1) is 4.90 Å². The van der Waals surface area contributed by atoms with E-state index in [4.69, 9.17) is 10.5 Å². The Hall–Kier alpha value is -1.99. The lowest BCUT2D eigenvalue weighted by Crippen LogP contribution is -2.28. The number of nitrogens with one attached hydrogen (secondary N) is 2.